The van der Waals surface area contributed by atoms with E-state index in [0.717, 1.165) is 16.8 Å². The summed E-state index contributed by atoms with van der Waals surface area (Å²) in [7, 11) is 3.17. The van der Waals surface area contributed by atoms with Crippen LogP contribution in [0.4, 0.5) is 28.8 Å². The number of aromatic nitrogens is 2. The van der Waals surface area contributed by atoms with E-state index in [4.69, 9.17) is 14.5 Å². The third-order valence-corrected chi connectivity index (χ3v) is 4.70. The van der Waals surface area contributed by atoms with Gasteiger partial charge in [-0.1, -0.05) is 18.2 Å². The minimum atomic E-state index is -0.120. The lowest BCUT2D eigenvalue weighted by atomic mass is 10.2. The number of nitrogens with zero attached hydrogens (tertiary/aromatic N) is 2. The Morgan fingerprint density at radius 2 is 1.41 bits per heavy atom. The number of carbonyl (C=O) groups is 1. The number of carbonyl (C=O) groups excluding carboxylic acids is 1. The van der Waals surface area contributed by atoms with Gasteiger partial charge in [0, 0.05) is 35.4 Å². The summed E-state index contributed by atoms with van der Waals surface area (Å²) in [6, 6.07) is 20.7. The van der Waals surface area contributed by atoms with Crippen molar-refractivity contribution in [3.63, 3.8) is 0 Å². The number of benzene rings is 3. The second kappa shape index (κ2) is 9.22. The van der Waals surface area contributed by atoms with Gasteiger partial charge in [-0.3, -0.25) is 4.79 Å². The molecule has 1 amide bonds. The van der Waals surface area contributed by atoms with Crippen LogP contribution in [0.25, 0.3) is 10.9 Å². The maximum atomic E-state index is 11.3. The molecule has 0 spiro atoms. The number of para-hydroxylation sites is 1. The van der Waals surface area contributed by atoms with Crippen LogP contribution in [0.15, 0.2) is 66.7 Å². The molecule has 0 aliphatic carbocycles. The Bertz CT molecular complexity index is 1240. The zero-order valence-electron chi connectivity index (χ0n) is 18.0. The Hall–Kier alpha value is -4.33. The van der Waals surface area contributed by atoms with Crippen molar-refractivity contribution in [1.82, 2.24) is 9.97 Å². The molecule has 0 aliphatic heterocycles. The van der Waals surface area contributed by atoms with Crippen LogP contribution in [0.5, 0.6) is 11.5 Å². The molecule has 4 rings (SSSR count). The van der Waals surface area contributed by atoms with E-state index in [-0.39, 0.29) is 5.91 Å². The molecule has 0 saturated carbocycles. The van der Waals surface area contributed by atoms with Crippen molar-refractivity contribution in [2.45, 2.75) is 6.92 Å². The molecule has 0 atom stereocenters. The molecule has 0 radical (unpaired) electrons. The Morgan fingerprint density at radius 3 is 2.06 bits per heavy atom. The summed E-state index contributed by atoms with van der Waals surface area (Å²) in [5.74, 6) is 2.08. The van der Waals surface area contributed by atoms with Crippen LogP contribution in [-0.4, -0.2) is 30.1 Å². The summed E-state index contributed by atoms with van der Waals surface area (Å²) in [5, 5.41) is 10.1. The van der Waals surface area contributed by atoms with Gasteiger partial charge in [0.05, 0.1) is 19.7 Å². The van der Waals surface area contributed by atoms with Crippen LogP contribution in [0, 0.1) is 0 Å². The molecule has 8 nitrogen and oxygen atoms in total. The van der Waals surface area contributed by atoms with Gasteiger partial charge in [-0.25, -0.2) is 4.98 Å². The minimum absolute atomic E-state index is 0.120. The Labute approximate surface area is 185 Å². The van der Waals surface area contributed by atoms with E-state index < -0.39 is 0 Å². The van der Waals surface area contributed by atoms with Crippen LogP contribution >= 0.6 is 0 Å². The lowest BCUT2D eigenvalue weighted by Gasteiger charge is -2.15. The Morgan fingerprint density at radius 1 is 0.781 bits per heavy atom. The van der Waals surface area contributed by atoms with Gasteiger partial charge in [0.2, 0.25) is 11.9 Å². The number of amides is 1. The molecule has 8 heteroatoms. The van der Waals surface area contributed by atoms with Gasteiger partial charge in [-0.15, -0.1) is 0 Å². The highest BCUT2D eigenvalue weighted by molar-refractivity contribution is 5.94. The van der Waals surface area contributed by atoms with Crippen LogP contribution in [0.3, 0.4) is 0 Å². The molecule has 32 heavy (non-hydrogen) atoms. The van der Waals surface area contributed by atoms with E-state index in [1.54, 1.807) is 14.2 Å². The van der Waals surface area contributed by atoms with Gasteiger partial charge in [-0.2, -0.15) is 4.98 Å². The molecule has 3 N–H and O–H groups in total. The number of fused-ring (bicyclic) bond motifs is 1. The smallest absolute Gasteiger partial charge is 0.229 e. The van der Waals surface area contributed by atoms with Crippen molar-refractivity contribution in [2.24, 2.45) is 0 Å². The van der Waals surface area contributed by atoms with Gasteiger partial charge in [-0.05, 0) is 42.5 Å². The fourth-order valence-corrected chi connectivity index (χ4v) is 3.23. The molecule has 1 heterocycles. The molecule has 3 aromatic carbocycles. The second-order valence-corrected chi connectivity index (χ2v) is 6.99. The fraction of sp³-hybridized carbons (Fsp3) is 0.125. The first-order valence-electron chi connectivity index (χ1n) is 9.96. The summed E-state index contributed by atoms with van der Waals surface area (Å²) in [6.45, 7) is 1.47. The SMILES string of the molecule is COc1cc2nc(Nc3ccccc3)nc(Nc3ccc(NC(C)=O)cc3)c2cc1OC. The maximum absolute atomic E-state index is 11.3. The first-order valence-corrected chi connectivity index (χ1v) is 9.96. The van der Waals surface area contributed by atoms with Crippen molar-refractivity contribution < 1.29 is 14.3 Å². The number of hydrogen-bond donors (Lipinski definition) is 3. The molecule has 4 aromatic rings. The van der Waals surface area contributed by atoms with Crippen LogP contribution in [0.2, 0.25) is 0 Å². The lowest BCUT2D eigenvalue weighted by Crippen LogP contribution is -2.06. The molecular formula is C24H23N5O3. The highest BCUT2D eigenvalue weighted by Gasteiger charge is 2.14. The third-order valence-electron chi connectivity index (χ3n) is 4.70. The average Bonchev–Trinajstić information content (AvgIpc) is 2.80. The van der Waals surface area contributed by atoms with Crippen molar-refractivity contribution in [2.75, 3.05) is 30.2 Å². The Balaban J connectivity index is 1.76. The first kappa shape index (κ1) is 20.9. The van der Waals surface area contributed by atoms with Gasteiger partial charge in [0.1, 0.15) is 5.82 Å². The molecule has 0 saturated heterocycles. The monoisotopic (exact) mass is 429 g/mol. The van der Waals surface area contributed by atoms with E-state index in [1.807, 2.05) is 66.7 Å². The number of anilines is 5. The zero-order valence-corrected chi connectivity index (χ0v) is 18.0. The topological polar surface area (TPSA) is 97.4 Å². The normalized spacial score (nSPS) is 10.5. The van der Waals surface area contributed by atoms with Gasteiger partial charge in [0.15, 0.2) is 11.5 Å². The molecule has 0 aliphatic rings. The van der Waals surface area contributed by atoms with E-state index in [2.05, 4.69) is 20.9 Å². The van der Waals surface area contributed by atoms with Crippen molar-refractivity contribution in [1.29, 1.82) is 0 Å². The second-order valence-electron chi connectivity index (χ2n) is 6.99. The Kier molecular flexibility index (Phi) is 6.03. The zero-order chi connectivity index (χ0) is 22.5. The number of nitrogens with one attached hydrogen (secondary N) is 3. The van der Waals surface area contributed by atoms with Crippen molar-refractivity contribution in [3.8, 4) is 11.5 Å². The highest BCUT2D eigenvalue weighted by atomic mass is 16.5. The quantitative estimate of drug-likeness (QED) is 0.376. The summed E-state index contributed by atoms with van der Waals surface area (Å²) in [4.78, 5) is 20.6. The number of ether oxygens (including phenoxy) is 2. The van der Waals surface area contributed by atoms with Crippen LogP contribution in [-0.2, 0) is 4.79 Å². The average molecular weight is 429 g/mol. The maximum Gasteiger partial charge on any atom is 0.229 e. The van der Waals surface area contributed by atoms with Crippen molar-refractivity contribution in [3.05, 3.63) is 66.7 Å². The van der Waals surface area contributed by atoms with Crippen molar-refractivity contribution >= 4 is 45.6 Å². The number of hydrogen-bond acceptors (Lipinski definition) is 7. The van der Waals surface area contributed by atoms with E-state index in [0.29, 0.717) is 34.5 Å². The first-order chi connectivity index (χ1) is 15.6. The lowest BCUT2D eigenvalue weighted by molar-refractivity contribution is -0.114. The van der Waals surface area contributed by atoms with E-state index in [1.165, 1.54) is 6.92 Å². The molecule has 0 unspecified atom stereocenters. The van der Waals surface area contributed by atoms with E-state index >= 15 is 0 Å². The fourth-order valence-electron chi connectivity index (χ4n) is 3.23. The summed E-state index contributed by atoms with van der Waals surface area (Å²) in [5.41, 5.74) is 3.08. The van der Waals surface area contributed by atoms with Gasteiger partial charge in [0.25, 0.3) is 0 Å². The molecule has 0 fully saturated rings. The molecule has 162 valence electrons. The van der Waals surface area contributed by atoms with Gasteiger partial charge < -0.3 is 25.4 Å². The predicted molar refractivity (Wildman–Crippen MR) is 126 cm³/mol. The predicted octanol–water partition coefficient (Wildman–Crippen LogP) is 5.09. The standard InChI is InChI=1S/C24H23N5O3/c1-15(30)25-17-9-11-18(12-10-17)26-23-19-13-21(31-2)22(32-3)14-20(19)28-24(29-23)27-16-7-5-4-6-8-16/h4-14H,1-3H3,(H,25,30)(H2,26,27,28,29). The highest BCUT2D eigenvalue weighted by Crippen LogP contribution is 2.36. The number of methoxy groups -OCH3 is 2. The van der Waals surface area contributed by atoms with Crippen LogP contribution < -0.4 is 25.4 Å². The number of rotatable bonds is 7. The summed E-state index contributed by atoms with van der Waals surface area (Å²) in [6.07, 6.45) is 0. The molecule has 1 aromatic heterocycles. The largest absolute Gasteiger partial charge is 0.493 e. The third kappa shape index (κ3) is 4.70. The van der Waals surface area contributed by atoms with Crippen LogP contribution in [0.1, 0.15) is 6.92 Å². The summed E-state index contributed by atoms with van der Waals surface area (Å²) < 4.78 is 10.9. The van der Waals surface area contributed by atoms with E-state index in [9.17, 15) is 4.79 Å². The minimum Gasteiger partial charge on any atom is -0.493 e. The van der Waals surface area contributed by atoms with Gasteiger partial charge >= 0.3 is 0 Å². The molecular weight excluding hydrogens is 406 g/mol. The summed E-state index contributed by atoms with van der Waals surface area (Å²) >= 11 is 0. The molecule has 0 bridgehead atoms.